The average molecular weight is 322 g/mol. The highest BCUT2D eigenvalue weighted by Gasteiger charge is 2.25. The molecule has 3 rings (SSSR count). The van der Waals surface area contributed by atoms with E-state index in [9.17, 15) is 0 Å². The molecule has 0 saturated carbocycles. The van der Waals surface area contributed by atoms with E-state index in [4.69, 9.17) is 14.7 Å². The number of ether oxygens (including phenoxy) is 2. The molecule has 124 valence electrons. The Balaban J connectivity index is 1.54. The summed E-state index contributed by atoms with van der Waals surface area (Å²) in [7, 11) is 1.69. The van der Waals surface area contributed by atoms with Crippen LogP contribution in [-0.4, -0.2) is 31.7 Å². The number of rotatable bonds is 6. The lowest BCUT2D eigenvalue weighted by molar-refractivity contribution is 0.197. The molecule has 2 aromatic rings. The summed E-state index contributed by atoms with van der Waals surface area (Å²) >= 11 is 0. The summed E-state index contributed by atoms with van der Waals surface area (Å²) in [6, 6.07) is 18.2. The van der Waals surface area contributed by atoms with E-state index in [1.165, 1.54) is 18.4 Å². The van der Waals surface area contributed by atoms with Crippen LogP contribution in [0, 0.1) is 11.3 Å². The van der Waals surface area contributed by atoms with Gasteiger partial charge in [-0.25, -0.2) is 0 Å². The molecule has 0 aromatic heterocycles. The molecule has 0 spiro atoms. The molecule has 4 heteroatoms. The summed E-state index contributed by atoms with van der Waals surface area (Å²) in [4.78, 5) is 2.48. The van der Waals surface area contributed by atoms with Crippen LogP contribution in [-0.2, 0) is 0 Å². The Kier molecular flexibility index (Phi) is 5.35. The minimum Gasteiger partial charge on any atom is -0.497 e. The summed E-state index contributed by atoms with van der Waals surface area (Å²) in [5.41, 5.74) is 1.99. The summed E-state index contributed by atoms with van der Waals surface area (Å²) in [6.45, 7) is 2.66. The predicted octanol–water partition coefficient (Wildman–Crippen LogP) is 3.78. The minimum absolute atomic E-state index is 0.459. The van der Waals surface area contributed by atoms with Crippen LogP contribution in [0.15, 0.2) is 48.5 Å². The van der Waals surface area contributed by atoms with Gasteiger partial charge < -0.3 is 9.47 Å². The van der Waals surface area contributed by atoms with Gasteiger partial charge in [0.25, 0.3) is 0 Å². The van der Waals surface area contributed by atoms with Crippen molar-refractivity contribution in [2.24, 2.45) is 0 Å². The maximum Gasteiger partial charge on any atom is 0.119 e. The first-order valence-corrected chi connectivity index (χ1v) is 8.31. The molecule has 1 aliphatic rings. The zero-order valence-corrected chi connectivity index (χ0v) is 13.9. The molecule has 0 unspecified atom stereocenters. The normalized spacial score (nSPS) is 17.4. The van der Waals surface area contributed by atoms with Gasteiger partial charge in [-0.05, 0) is 61.3 Å². The van der Waals surface area contributed by atoms with Crippen molar-refractivity contribution in [1.82, 2.24) is 4.90 Å². The molecule has 2 aromatic carbocycles. The second-order valence-corrected chi connectivity index (χ2v) is 5.95. The van der Waals surface area contributed by atoms with Gasteiger partial charge in [-0.15, -0.1) is 0 Å². The maximum absolute atomic E-state index is 8.81. The van der Waals surface area contributed by atoms with Crippen LogP contribution in [0.25, 0.3) is 0 Å². The van der Waals surface area contributed by atoms with Crippen molar-refractivity contribution < 1.29 is 9.47 Å². The summed E-state index contributed by atoms with van der Waals surface area (Å²) in [5.74, 6) is 1.71. The van der Waals surface area contributed by atoms with Crippen LogP contribution >= 0.6 is 0 Å². The Morgan fingerprint density at radius 3 is 2.46 bits per heavy atom. The van der Waals surface area contributed by atoms with E-state index in [0.717, 1.165) is 24.6 Å². The molecular weight excluding hydrogens is 300 g/mol. The van der Waals surface area contributed by atoms with E-state index in [-0.39, 0.29) is 0 Å². The van der Waals surface area contributed by atoms with Crippen molar-refractivity contribution in [2.45, 2.75) is 18.9 Å². The number of hydrogen-bond acceptors (Lipinski definition) is 4. The number of hydrogen-bond donors (Lipinski definition) is 0. The lowest BCUT2D eigenvalue weighted by Gasteiger charge is -2.25. The highest BCUT2D eigenvalue weighted by atomic mass is 16.5. The van der Waals surface area contributed by atoms with Crippen LogP contribution in [0.3, 0.4) is 0 Å². The third kappa shape index (κ3) is 3.87. The summed E-state index contributed by atoms with van der Waals surface area (Å²) < 4.78 is 11.1. The van der Waals surface area contributed by atoms with Gasteiger partial charge in [0.2, 0.25) is 0 Å². The number of benzene rings is 2. The highest BCUT2D eigenvalue weighted by molar-refractivity contribution is 5.34. The number of nitrogens with zero attached hydrogens (tertiary/aromatic N) is 2. The third-order valence-corrected chi connectivity index (χ3v) is 4.49. The summed E-state index contributed by atoms with van der Waals surface area (Å²) in [6.07, 6.45) is 2.40. The lowest BCUT2D eigenvalue weighted by atomic mass is 10.0. The molecule has 0 N–H and O–H groups in total. The Hall–Kier alpha value is -2.51. The average Bonchev–Trinajstić information content (AvgIpc) is 3.11. The monoisotopic (exact) mass is 322 g/mol. The molecule has 0 radical (unpaired) electrons. The molecule has 1 saturated heterocycles. The predicted molar refractivity (Wildman–Crippen MR) is 93.2 cm³/mol. The van der Waals surface area contributed by atoms with Crippen LogP contribution in [0.4, 0.5) is 0 Å². The van der Waals surface area contributed by atoms with Gasteiger partial charge in [-0.2, -0.15) is 5.26 Å². The van der Waals surface area contributed by atoms with Crippen molar-refractivity contribution in [3.8, 4) is 17.6 Å². The van der Waals surface area contributed by atoms with E-state index in [2.05, 4.69) is 23.1 Å². The first kappa shape index (κ1) is 16.4. The molecular formula is C20H22N2O2. The third-order valence-electron chi connectivity index (χ3n) is 4.49. The molecule has 1 aliphatic heterocycles. The SMILES string of the molecule is COc1ccc([C@@H]2CCCN2CCOc2ccc(C#N)cc2)cc1. The first-order valence-electron chi connectivity index (χ1n) is 8.31. The fourth-order valence-electron chi connectivity index (χ4n) is 3.20. The van der Waals surface area contributed by atoms with E-state index in [1.807, 2.05) is 24.3 Å². The Morgan fingerprint density at radius 1 is 1.08 bits per heavy atom. The zero-order chi connectivity index (χ0) is 16.8. The number of nitriles is 1. The van der Waals surface area contributed by atoms with Crippen molar-refractivity contribution in [2.75, 3.05) is 26.8 Å². The molecule has 24 heavy (non-hydrogen) atoms. The second kappa shape index (κ2) is 7.85. The lowest BCUT2D eigenvalue weighted by Crippen LogP contribution is -2.28. The van der Waals surface area contributed by atoms with Gasteiger partial charge in [-0.3, -0.25) is 4.90 Å². The van der Waals surface area contributed by atoms with Crippen molar-refractivity contribution in [1.29, 1.82) is 5.26 Å². The Morgan fingerprint density at radius 2 is 1.79 bits per heavy atom. The van der Waals surface area contributed by atoms with E-state index in [0.29, 0.717) is 18.2 Å². The molecule has 1 fully saturated rings. The van der Waals surface area contributed by atoms with Crippen LogP contribution in [0.1, 0.15) is 30.0 Å². The van der Waals surface area contributed by atoms with Gasteiger partial charge in [-0.1, -0.05) is 12.1 Å². The molecule has 1 atom stereocenters. The van der Waals surface area contributed by atoms with Gasteiger partial charge in [0.15, 0.2) is 0 Å². The fourth-order valence-corrected chi connectivity index (χ4v) is 3.20. The highest BCUT2D eigenvalue weighted by Crippen LogP contribution is 2.32. The van der Waals surface area contributed by atoms with E-state index >= 15 is 0 Å². The first-order chi connectivity index (χ1) is 11.8. The number of methoxy groups -OCH3 is 1. The van der Waals surface area contributed by atoms with Crippen LogP contribution in [0.2, 0.25) is 0 Å². The quantitative estimate of drug-likeness (QED) is 0.812. The molecule has 0 aliphatic carbocycles. The van der Waals surface area contributed by atoms with Crippen molar-refractivity contribution in [3.63, 3.8) is 0 Å². The molecule has 0 amide bonds. The number of likely N-dealkylation sites (tertiary alicyclic amines) is 1. The van der Waals surface area contributed by atoms with Gasteiger partial charge in [0, 0.05) is 12.6 Å². The molecule has 4 nitrogen and oxygen atoms in total. The fraction of sp³-hybridized carbons (Fsp3) is 0.350. The standard InChI is InChI=1S/C20H22N2O2/c1-23-18-10-6-17(7-11-18)20-3-2-12-22(20)13-14-24-19-8-4-16(15-21)5-9-19/h4-11,20H,2-3,12-14H2,1H3/t20-/m0/s1. The largest absolute Gasteiger partial charge is 0.497 e. The summed E-state index contributed by atoms with van der Waals surface area (Å²) in [5, 5.41) is 8.81. The van der Waals surface area contributed by atoms with Crippen molar-refractivity contribution in [3.05, 3.63) is 59.7 Å². The topological polar surface area (TPSA) is 45.5 Å². The van der Waals surface area contributed by atoms with E-state index < -0.39 is 0 Å². The van der Waals surface area contributed by atoms with Crippen LogP contribution in [0.5, 0.6) is 11.5 Å². The Labute approximate surface area is 143 Å². The Bertz CT molecular complexity index is 689. The van der Waals surface area contributed by atoms with Crippen molar-refractivity contribution >= 4 is 0 Å². The van der Waals surface area contributed by atoms with Gasteiger partial charge >= 0.3 is 0 Å². The zero-order valence-electron chi connectivity index (χ0n) is 13.9. The van der Waals surface area contributed by atoms with E-state index in [1.54, 1.807) is 19.2 Å². The van der Waals surface area contributed by atoms with Crippen LogP contribution < -0.4 is 9.47 Å². The smallest absolute Gasteiger partial charge is 0.119 e. The molecule has 1 heterocycles. The van der Waals surface area contributed by atoms with Gasteiger partial charge in [0.05, 0.1) is 18.7 Å². The van der Waals surface area contributed by atoms with Gasteiger partial charge in [0.1, 0.15) is 18.1 Å². The maximum atomic E-state index is 8.81. The second-order valence-electron chi connectivity index (χ2n) is 5.95. The minimum atomic E-state index is 0.459. The molecule has 0 bridgehead atoms.